The molecule has 0 spiro atoms. The van der Waals surface area contributed by atoms with E-state index in [1.807, 2.05) is 10.8 Å². The van der Waals surface area contributed by atoms with Gasteiger partial charge in [-0.15, -0.1) is 0 Å². The molecule has 0 radical (unpaired) electrons. The van der Waals surface area contributed by atoms with Gasteiger partial charge in [-0.2, -0.15) is 0 Å². The molecule has 0 aliphatic heterocycles. The van der Waals surface area contributed by atoms with Gasteiger partial charge in [0.25, 0.3) is 0 Å². The molecule has 1 aromatic heterocycles. The molecule has 0 unspecified atom stereocenters. The van der Waals surface area contributed by atoms with Crippen LogP contribution in [0.15, 0.2) is 12.4 Å². The number of aromatic nitrogens is 2. The van der Waals surface area contributed by atoms with E-state index in [9.17, 15) is 0 Å². The second-order valence-electron chi connectivity index (χ2n) is 2.75. The highest BCUT2D eigenvalue weighted by atomic mass is 16.7. The third-order valence-corrected chi connectivity index (χ3v) is 1.99. The molecule has 0 amide bonds. The lowest BCUT2D eigenvalue weighted by Crippen LogP contribution is -2.21. The first-order valence-corrected chi connectivity index (χ1v) is 4.37. The molecular weight excluding hydrogens is 168 g/mol. The van der Waals surface area contributed by atoms with E-state index >= 15 is 0 Å². The number of aryl methyl sites for hydroxylation is 1. The van der Waals surface area contributed by atoms with E-state index in [1.165, 1.54) is 0 Å². The zero-order chi connectivity index (χ0) is 9.68. The van der Waals surface area contributed by atoms with Crippen LogP contribution in [0.5, 0.6) is 0 Å². The summed E-state index contributed by atoms with van der Waals surface area (Å²) in [5.74, 6) is 1.05. The highest BCUT2D eigenvalue weighted by Crippen LogP contribution is 2.02. The predicted molar refractivity (Wildman–Crippen MR) is 49.4 cm³/mol. The van der Waals surface area contributed by atoms with Crippen molar-refractivity contribution in [1.29, 1.82) is 0 Å². The zero-order valence-electron chi connectivity index (χ0n) is 8.36. The molecule has 1 heterocycles. The van der Waals surface area contributed by atoms with E-state index < -0.39 is 0 Å². The smallest absolute Gasteiger partial charge is 0.174 e. The number of hydrogen-bond donors (Lipinski definition) is 0. The summed E-state index contributed by atoms with van der Waals surface area (Å²) in [5.41, 5.74) is 0. The van der Waals surface area contributed by atoms with Gasteiger partial charge >= 0.3 is 0 Å². The van der Waals surface area contributed by atoms with Crippen molar-refractivity contribution >= 4 is 0 Å². The van der Waals surface area contributed by atoms with Crippen LogP contribution in [-0.4, -0.2) is 30.1 Å². The topological polar surface area (TPSA) is 36.3 Å². The van der Waals surface area contributed by atoms with E-state index in [-0.39, 0.29) is 6.29 Å². The van der Waals surface area contributed by atoms with Gasteiger partial charge in [0.2, 0.25) is 0 Å². The van der Waals surface area contributed by atoms with E-state index in [2.05, 4.69) is 11.9 Å². The van der Waals surface area contributed by atoms with Crippen LogP contribution in [-0.2, 0) is 22.4 Å². The van der Waals surface area contributed by atoms with Gasteiger partial charge < -0.3 is 14.0 Å². The second kappa shape index (κ2) is 4.99. The molecule has 13 heavy (non-hydrogen) atoms. The van der Waals surface area contributed by atoms with Crippen LogP contribution in [0.3, 0.4) is 0 Å². The summed E-state index contributed by atoms with van der Waals surface area (Å²) in [7, 11) is 3.27. The Bertz CT molecular complexity index is 244. The van der Waals surface area contributed by atoms with Gasteiger partial charge in [-0.25, -0.2) is 4.98 Å². The van der Waals surface area contributed by atoms with Crippen molar-refractivity contribution in [1.82, 2.24) is 9.55 Å². The second-order valence-corrected chi connectivity index (χ2v) is 2.75. The van der Waals surface area contributed by atoms with Gasteiger partial charge in [0.1, 0.15) is 5.82 Å². The highest BCUT2D eigenvalue weighted by molar-refractivity contribution is 4.91. The van der Waals surface area contributed by atoms with Gasteiger partial charge in [-0.05, 0) is 0 Å². The van der Waals surface area contributed by atoms with Gasteiger partial charge in [-0.3, -0.25) is 0 Å². The number of imidazole rings is 1. The highest BCUT2D eigenvalue weighted by Gasteiger charge is 2.08. The monoisotopic (exact) mass is 184 g/mol. The Labute approximate surface area is 78.5 Å². The van der Waals surface area contributed by atoms with Crippen LogP contribution in [0.25, 0.3) is 0 Å². The SMILES string of the molecule is CCc1nccn1CC(OC)OC. The average molecular weight is 184 g/mol. The molecule has 74 valence electrons. The van der Waals surface area contributed by atoms with Crippen LogP contribution in [0.1, 0.15) is 12.7 Å². The van der Waals surface area contributed by atoms with Crippen molar-refractivity contribution in [3.05, 3.63) is 18.2 Å². The summed E-state index contributed by atoms with van der Waals surface area (Å²) in [6.07, 6.45) is 4.46. The maximum atomic E-state index is 5.10. The maximum absolute atomic E-state index is 5.10. The number of nitrogens with zero attached hydrogens (tertiary/aromatic N) is 2. The molecule has 4 nitrogen and oxygen atoms in total. The average Bonchev–Trinajstić information content (AvgIpc) is 2.61. The summed E-state index contributed by atoms with van der Waals surface area (Å²) in [4.78, 5) is 4.21. The van der Waals surface area contributed by atoms with Gasteiger partial charge in [0.15, 0.2) is 6.29 Å². The van der Waals surface area contributed by atoms with Crippen molar-refractivity contribution in [3.63, 3.8) is 0 Å². The summed E-state index contributed by atoms with van der Waals surface area (Å²) < 4.78 is 12.2. The van der Waals surface area contributed by atoms with Crippen LogP contribution < -0.4 is 0 Å². The predicted octanol–water partition coefficient (Wildman–Crippen LogP) is 1.06. The largest absolute Gasteiger partial charge is 0.354 e. The quantitative estimate of drug-likeness (QED) is 0.642. The van der Waals surface area contributed by atoms with Crippen molar-refractivity contribution in [2.24, 2.45) is 0 Å². The summed E-state index contributed by atoms with van der Waals surface area (Å²) in [6.45, 7) is 2.77. The van der Waals surface area contributed by atoms with Gasteiger partial charge in [-0.1, -0.05) is 6.92 Å². The lowest BCUT2D eigenvalue weighted by molar-refractivity contribution is -0.111. The first-order valence-electron chi connectivity index (χ1n) is 4.37. The number of hydrogen-bond acceptors (Lipinski definition) is 3. The molecule has 1 rings (SSSR count). The number of methoxy groups -OCH3 is 2. The lowest BCUT2D eigenvalue weighted by atomic mass is 10.4. The summed E-state index contributed by atoms with van der Waals surface area (Å²) >= 11 is 0. The summed E-state index contributed by atoms with van der Waals surface area (Å²) in [6, 6.07) is 0. The fraction of sp³-hybridized carbons (Fsp3) is 0.667. The Morgan fingerprint density at radius 1 is 1.46 bits per heavy atom. The number of rotatable bonds is 5. The van der Waals surface area contributed by atoms with E-state index in [0.29, 0.717) is 6.54 Å². The standard InChI is InChI=1S/C9H16N2O2/c1-4-8-10-5-6-11(8)7-9(12-2)13-3/h5-6,9H,4,7H2,1-3H3. The van der Waals surface area contributed by atoms with Crippen molar-refractivity contribution in [3.8, 4) is 0 Å². The Hall–Kier alpha value is -0.870. The molecular formula is C9H16N2O2. The van der Waals surface area contributed by atoms with Crippen LogP contribution in [0.2, 0.25) is 0 Å². The third kappa shape index (κ3) is 2.54. The normalized spacial score (nSPS) is 11.1. The van der Waals surface area contributed by atoms with Crippen molar-refractivity contribution < 1.29 is 9.47 Å². The minimum atomic E-state index is -0.195. The molecule has 0 saturated heterocycles. The molecule has 4 heteroatoms. The Kier molecular flexibility index (Phi) is 3.92. The van der Waals surface area contributed by atoms with Crippen LogP contribution >= 0.6 is 0 Å². The number of ether oxygens (including phenoxy) is 2. The Morgan fingerprint density at radius 3 is 2.69 bits per heavy atom. The summed E-state index contributed by atoms with van der Waals surface area (Å²) in [5, 5.41) is 0. The molecule has 0 fully saturated rings. The fourth-order valence-corrected chi connectivity index (χ4v) is 1.23. The molecule has 0 aromatic carbocycles. The lowest BCUT2D eigenvalue weighted by Gasteiger charge is -2.15. The molecule has 0 saturated carbocycles. The fourth-order valence-electron chi connectivity index (χ4n) is 1.23. The Morgan fingerprint density at radius 2 is 2.15 bits per heavy atom. The van der Waals surface area contributed by atoms with Gasteiger partial charge in [0, 0.05) is 33.0 Å². The van der Waals surface area contributed by atoms with E-state index in [0.717, 1.165) is 12.2 Å². The zero-order valence-corrected chi connectivity index (χ0v) is 8.36. The molecule has 0 atom stereocenters. The van der Waals surface area contributed by atoms with Crippen LogP contribution in [0.4, 0.5) is 0 Å². The molecule has 0 bridgehead atoms. The minimum Gasteiger partial charge on any atom is -0.354 e. The van der Waals surface area contributed by atoms with E-state index in [4.69, 9.17) is 9.47 Å². The molecule has 1 aromatic rings. The molecule has 0 aliphatic rings. The first kappa shape index (κ1) is 10.2. The molecule has 0 aliphatic carbocycles. The maximum Gasteiger partial charge on any atom is 0.174 e. The van der Waals surface area contributed by atoms with E-state index in [1.54, 1.807) is 20.4 Å². The van der Waals surface area contributed by atoms with Crippen molar-refractivity contribution in [2.45, 2.75) is 26.2 Å². The van der Waals surface area contributed by atoms with Crippen molar-refractivity contribution in [2.75, 3.05) is 14.2 Å². The third-order valence-electron chi connectivity index (χ3n) is 1.99. The van der Waals surface area contributed by atoms with Gasteiger partial charge in [0.05, 0.1) is 6.54 Å². The first-order chi connectivity index (χ1) is 6.31. The van der Waals surface area contributed by atoms with Crippen LogP contribution in [0, 0.1) is 0 Å². The minimum absolute atomic E-state index is 0.195. The Balaban J connectivity index is 2.61. The molecule has 0 N–H and O–H groups in total.